The van der Waals surface area contributed by atoms with Gasteiger partial charge in [0.05, 0.1) is 5.52 Å². The van der Waals surface area contributed by atoms with E-state index in [0.29, 0.717) is 10.9 Å². The highest BCUT2D eigenvalue weighted by atomic mass is 127. The Balaban J connectivity index is 3.17. The van der Waals surface area contributed by atoms with Crippen molar-refractivity contribution >= 4 is 33.5 Å². The van der Waals surface area contributed by atoms with Gasteiger partial charge in [0, 0.05) is 15.0 Å². The number of aromatic nitrogens is 1. The van der Waals surface area contributed by atoms with E-state index in [1.54, 1.807) is 18.2 Å². The fraction of sp³-hybridized carbons (Fsp3) is 0. The first-order valence-corrected chi connectivity index (χ1v) is 5.22. The van der Waals surface area contributed by atoms with Gasteiger partial charge in [-0.25, -0.2) is 0 Å². The number of fused-ring (bicyclic) bond motifs is 1. The monoisotopic (exact) mass is 315 g/mol. The molecule has 2 rings (SSSR count). The maximum absolute atomic E-state index is 11.3. The Bertz CT molecular complexity index is 648. The first kappa shape index (κ1) is 10.2. The number of hydrogen-bond donors (Lipinski definition) is 2. The Labute approximate surface area is 97.7 Å². The maximum atomic E-state index is 11.3. The van der Waals surface area contributed by atoms with Crippen LogP contribution < -0.4 is 11.0 Å². The quantitative estimate of drug-likeness (QED) is 0.567. The van der Waals surface area contributed by atoms with Gasteiger partial charge in [-0.2, -0.15) is 0 Å². The van der Waals surface area contributed by atoms with Crippen molar-refractivity contribution in [2.45, 2.75) is 0 Å². The smallest absolute Gasteiger partial charge is 0.296 e. The lowest BCUT2D eigenvalue weighted by Crippen LogP contribution is -2.22. The molecule has 15 heavy (non-hydrogen) atoms. The molecule has 1 aromatic carbocycles. The highest BCUT2D eigenvalue weighted by Crippen LogP contribution is 2.22. The third-order valence-corrected chi connectivity index (χ3v) is 2.92. The van der Waals surface area contributed by atoms with Gasteiger partial charge in [-0.1, -0.05) is 6.07 Å². The van der Waals surface area contributed by atoms with E-state index in [0.717, 1.165) is 9.64 Å². The van der Waals surface area contributed by atoms with Crippen LogP contribution in [0.3, 0.4) is 0 Å². The van der Waals surface area contributed by atoms with Gasteiger partial charge >= 0.3 is 0 Å². The maximum Gasteiger partial charge on any atom is 0.296 e. The molecule has 1 aromatic heterocycles. The Kier molecular flexibility index (Phi) is 2.47. The Hall–Kier alpha value is -1.37. The molecule has 1 heterocycles. The molecule has 2 N–H and O–H groups in total. The lowest BCUT2D eigenvalue weighted by molar-refractivity contribution is 0.481. The third-order valence-electron chi connectivity index (χ3n) is 2.02. The molecule has 0 bridgehead atoms. The van der Waals surface area contributed by atoms with Crippen LogP contribution in [-0.4, -0.2) is 10.1 Å². The molecule has 0 aliphatic carbocycles. The number of benzene rings is 1. The highest BCUT2D eigenvalue weighted by Gasteiger charge is 2.04. The van der Waals surface area contributed by atoms with Gasteiger partial charge in [0.15, 0.2) is 0 Å². The largest absolute Gasteiger partial charge is 0.507 e. The van der Waals surface area contributed by atoms with Crippen molar-refractivity contribution in [3.63, 3.8) is 0 Å². The molecule has 0 saturated heterocycles. The SMILES string of the molecule is O=c1cc(O)c2cccc(I)c2[nH]c1=O. The summed E-state index contributed by atoms with van der Waals surface area (Å²) in [5, 5.41) is 10.1. The Morgan fingerprint density at radius 3 is 2.73 bits per heavy atom. The van der Waals surface area contributed by atoms with Gasteiger partial charge in [-0.3, -0.25) is 9.59 Å². The van der Waals surface area contributed by atoms with Crippen LogP contribution >= 0.6 is 22.6 Å². The first-order chi connectivity index (χ1) is 7.09. The fourth-order valence-electron chi connectivity index (χ4n) is 1.31. The topological polar surface area (TPSA) is 70.2 Å². The minimum absolute atomic E-state index is 0.188. The normalized spacial score (nSPS) is 10.5. The van der Waals surface area contributed by atoms with Crippen molar-refractivity contribution in [1.82, 2.24) is 4.98 Å². The second-order valence-corrected chi connectivity index (χ2v) is 4.17. The number of H-pyrrole nitrogens is 1. The Morgan fingerprint density at radius 1 is 1.27 bits per heavy atom. The van der Waals surface area contributed by atoms with E-state index >= 15 is 0 Å². The molecule has 4 nitrogen and oxygen atoms in total. The van der Waals surface area contributed by atoms with Crippen LogP contribution in [0.5, 0.6) is 5.75 Å². The molecular weight excluding hydrogens is 309 g/mol. The number of nitrogens with one attached hydrogen (secondary N) is 1. The molecule has 0 spiro atoms. The summed E-state index contributed by atoms with van der Waals surface area (Å²) in [7, 11) is 0. The van der Waals surface area contributed by atoms with Gasteiger partial charge < -0.3 is 10.1 Å². The fourth-order valence-corrected chi connectivity index (χ4v) is 1.94. The molecule has 76 valence electrons. The average Bonchev–Trinajstić information content (AvgIpc) is 2.29. The second-order valence-electron chi connectivity index (χ2n) is 3.01. The molecule has 2 aromatic rings. The summed E-state index contributed by atoms with van der Waals surface area (Å²) in [6.07, 6.45) is 0. The minimum Gasteiger partial charge on any atom is -0.507 e. The van der Waals surface area contributed by atoms with Gasteiger partial charge in [-0.15, -0.1) is 0 Å². The molecule has 5 heteroatoms. The third kappa shape index (κ3) is 1.74. The van der Waals surface area contributed by atoms with Crippen LogP contribution in [0.15, 0.2) is 33.9 Å². The van der Waals surface area contributed by atoms with Crippen molar-refractivity contribution in [3.05, 3.63) is 48.4 Å². The van der Waals surface area contributed by atoms with E-state index in [1.807, 2.05) is 22.6 Å². The molecule has 0 fully saturated rings. The highest BCUT2D eigenvalue weighted by molar-refractivity contribution is 14.1. The number of aromatic hydroxyl groups is 1. The van der Waals surface area contributed by atoms with E-state index in [1.165, 1.54) is 0 Å². The summed E-state index contributed by atoms with van der Waals surface area (Å²) < 4.78 is 0.771. The van der Waals surface area contributed by atoms with Crippen molar-refractivity contribution in [1.29, 1.82) is 0 Å². The molecule has 0 aliphatic rings. The van der Waals surface area contributed by atoms with E-state index in [-0.39, 0.29) is 5.75 Å². The summed E-state index contributed by atoms with van der Waals surface area (Å²) in [4.78, 5) is 24.9. The van der Waals surface area contributed by atoms with Crippen molar-refractivity contribution in [2.24, 2.45) is 0 Å². The van der Waals surface area contributed by atoms with Gasteiger partial charge in [-0.05, 0) is 34.7 Å². The number of rotatable bonds is 0. The second kappa shape index (κ2) is 3.65. The van der Waals surface area contributed by atoms with Crippen LogP contribution in [0.2, 0.25) is 0 Å². The predicted molar refractivity (Wildman–Crippen MR) is 65.2 cm³/mol. The Morgan fingerprint density at radius 2 is 2.00 bits per heavy atom. The van der Waals surface area contributed by atoms with E-state index in [2.05, 4.69) is 4.98 Å². The zero-order valence-corrected chi connectivity index (χ0v) is 9.61. The minimum atomic E-state index is -0.750. The first-order valence-electron chi connectivity index (χ1n) is 4.14. The molecule has 0 amide bonds. The average molecular weight is 315 g/mol. The van der Waals surface area contributed by atoms with Crippen LogP contribution in [0.1, 0.15) is 0 Å². The van der Waals surface area contributed by atoms with Crippen molar-refractivity contribution in [2.75, 3.05) is 0 Å². The molecule has 0 atom stereocenters. The summed E-state index contributed by atoms with van der Waals surface area (Å²) in [5.41, 5.74) is -1.01. The zero-order chi connectivity index (χ0) is 11.0. The summed E-state index contributed by atoms with van der Waals surface area (Å²) in [6, 6.07) is 6.09. The van der Waals surface area contributed by atoms with Crippen LogP contribution in [0.4, 0.5) is 0 Å². The lowest BCUT2D eigenvalue weighted by Gasteiger charge is -1.96. The molecule has 0 aliphatic heterocycles. The van der Waals surface area contributed by atoms with Crippen molar-refractivity contribution in [3.8, 4) is 5.75 Å². The molecule has 0 radical (unpaired) electrons. The number of para-hydroxylation sites is 1. The van der Waals surface area contributed by atoms with E-state index in [4.69, 9.17) is 0 Å². The molecule has 0 saturated carbocycles. The molecule has 0 unspecified atom stereocenters. The summed E-state index contributed by atoms with van der Waals surface area (Å²) in [6.45, 7) is 0. The number of halogens is 1. The van der Waals surface area contributed by atoms with Crippen LogP contribution in [0.25, 0.3) is 10.9 Å². The predicted octanol–water partition coefficient (Wildman–Crippen LogP) is 1.20. The van der Waals surface area contributed by atoms with Gasteiger partial charge in [0.2, 0.25) is 5.43 Å². The van der Waals surface area contributed by atoms with Crippen LogP contribution in [0, 0.1) is 3.57 Å². The zero-order valence-electron chi connectivity index (χ0n) is 7.45. The van der Waals surface area contributed by atoms with E-state index in [9.17, 15) is 14.7 Å². The standard InChI is InChI=1S/C10H6INO3/c11-6-3-1-2-5-7(13)4-8(14)10(15)12-9(5)6/h1-4,13H,(H,12,14,15). The number of hydrogen-bond acceptors (Lipinski definition) is 3. The molecular formula is C10H6INO3. The van der Waals surface area contributed by atoms with Crippen molar-refractivity contribution < 1.29 is 5.11 Å². The van der Waals surface area contributed by atoms with E-state index < -0.39 is 11.0 Å². The summed E-state index contributed by atoms with van der Waals surface area (Å²) >= 11 is 2.02. The lowest BCUT2D eigenvalue weighted by atomic mass is 10.2. The van der Waals surface area contributed by atoms with Gasteiger partial charge in [0.25, 0.3) is 5.56 Å². The van der Waals surface area contributed by atoms with Crippen LogP contribution in [-0.2, 0) is 0 Å². The number of aromatic amines is 1. The van der Waals surface area contributed by atoms with Gasteiger partial charge in [0.1, 0.15) is 5.75 Å². The summed E-state index contributed by atoms with van der Waals surface area (Å²) in [5.74, 6) is -0.188.